The Morgan fingerprint density at radius 3 is 2.72 bits per heavy atom. The minimum absolute atomic E-state index is 0.0183. The molecule has 0 unspecified atom stereocenters. The molecule has 0 aromatic carbocycles. The van der Waals surface area contributed by atoms with Gasteiger partial charge in [-0.25, -0.2) is 4.98 Å². The summed E-state index contributed by atoms with van der Waals surface area (Å²) >= 11 is 1.55. The van der Waals surface area contributed by atoms with E-state index in [1.54, 1.807) is 16.2 Å². The van der Waals surface area contributed by atoms with Gasteiger partial charge in [0.25, 0.3) is 0 Å². The molecule has 0 bridgehead atoms. The number of rotatable bonds is 6. The first kappa shape index (κ1) is 20.1. The molecule has 2 aromatic rings. The molecular formula is C21H26N2O5S. The van der Waals surface area contributed by atoms with Crippen LogP contribution in [0.4, 0.5) is 0 Å². The molecule has 2 fully saturated rings. The fourth-order valence-corrected chi connectivity index (χ4v) is 4.72. The fourth-order valence-electron chi connectivity index (χ4n) is 4.07. The van der Waals surface area contributed by atoms with Crippen LogP contribution in [0.5, 0.6) is 0 Å². The molecular weight excluding hydrogens is 392 g/mol. The standard InChI is InChI=1S/C21H26N2O5S/c1-15-16(22-19(28-15)17-5-4-12-29-17)14-27-20(25)21(6-2-3-7-21)13-18(24)23-8-10-26-11-9-23/h4-5,12H,2-3,6-11,13-14H2,1H3. The zero-order valence-corrected chi connectivity index (χ0v) is 17.5. The number of ether oxygens (including phenoxy) is 2. The minimum atomic E-state index is -0.719. The lowest BCUT2D eigenvalue weighted by molar-refractivity contribution is -0.161. The Morgan fingerprint density at radius 1 is 1.28 bits per heavy atom. The zero-order valence-electron chi connectivity index (χ0n) is 16.6. The highest BCUT2D eigenvalue weighted by atomic mass is 32.1. The number of aryl methyl sites for hydroxylation is 1. The van der Waals surface area contributed by atoms with Crippen LogP contribution in [0.25, 0.3) is 10.8 Å². The summed E-state index contributed by atoms with van der Waals surface area (Å²) in [6, 6.07) is 3.88. The van der Waals surface area contributed by atoms with E-state index in [0.29, 0.717) is 56.5 Å². The molecule has 7 nitrogen and oxygen atoms in total. The van der Waals surface area contributed by atoms with Gasteiger partial charge in [0.15, 0.2) is 0 Å². The van der Waals surface area contributed by atoms with E-state index in [4.69, 9.17) is 13.9 Å². The van der Waals surface area contributed by atoms with Crippen molar-refractivity contribution in [3.05, 3.63) is 29.0 Å². The Hall–Kier alpha value is -2.19. The van der Waals surface area contributed by atoms with Gasteiger partial charge in [0.2, 0.25) is 11.8 Å². The number of oxazole rings is 1. The summed E-state index contributed by atoms with van der Waals surface area (Å²) in [4.78, 5) is 33.0. The molecule has 2 aliphatic rings. The second kappa shape index (κ2) is 8.67. The topological polar surface area (TPSA) is 81.9 Å². The molecule has 156 valence electrons. The van der Waals surface area contributed by atoms with Crippen LogP contribution in [-0.4, -0.2) is 48.1 Å². The number of hydrogen-bond acceptors (Lipinski definition) is 7. The lowest BCUT2D eigenvalue weighted by Crippen LogP contribution is -2.44. The molecule has 0 atom stereocenters. The quantitative estimate of drug-likeness (QED) is 0.667. The van der Waals surface area contributed by atoms with Crippen molar-refractivity contribution in [2.45, 2.75) is 45.6 Å². The summed E-state index contributed by atoms with van der Waals surface area (Å²) in [5.41, 5.74) is -0.0988. The van der Waals surface area contributed by atoms with E-state index in [-0.39, 0.29) is 24.9 Å². The van der Waals surface area contributed by atoms with Gasteiger partial charge in [-0.3, -0.25) is 9.59 Å². The van der Waals surface area contributed by atoms with Crippen LogP contribution < -0.4 is 0 Å². The van der Waals surface area contributed by atoms with Crippen LogP contribution in [0.1, 0.15) is 43.6 Å². The smallest absolute Gasteiger partial charge is 0.312 e. The van der Waals surface area contributed by atoms with E-state index in [1.807, 2.05) is 24.4 Å². The molecule has 3 heterocycles. The normalized spacial score (nSPS) is 18.7. The second-order valence-electron chi connectivity index (χ2n) is 7.73. The number of carbonyl (C=O) groups excluding carboxylic acids is 2. The van der Waals surface area contributed by atoms with E-state index in [0.717, 1.165) is 17.7 Å². The van der Waals surface area contributed by atoms with Crippen LogP contribution in [0, 0.1) is 12.3 Å². The number of thiophene rings is 1. The third-order valence-electron chi connectivity index (χ3n) is 5.81. The number of aromatic nitrogens is 1. The monoisotopic (exact) mass is 418 g/mol. The van der Waals surface area contributed by atoms with Crippen LogP contribution in [0.2, 0.25) is 0 Å². The maximum absolute atomic E-state index is 13.0. The molecule has 4 rings (SSSR count). The van der Waals surface area contributed by atoms with Gasteiger partial charge in [-0.05, 0) is 31.2 Å². The lowest BCUT2D eigenvalue weighted by atomic mass is 9.82. The van der Waals surface area contributed by atoms with Gasteiger partial charge in [0.05, 0.1) is 23.5 Å². The molecule has 8 heteroatoms. The largest absolute Gasteiger partial charge is 0.459 e. The fraction of sp³-hybridized carbons (Fsp3) is 0.571. The van der Waals surface area contributed by atoms with Crippen LogP contribution >= 0.6 is 11.3 Å². The number of nitrogens with zero attached hydrogens (tertiary/aromatic N) is 2. The number of esters is 1. The van der Waals surface area contributed by atoms with Crippen molar-refractivity contribution in [2.75, 3.05) is 26.3 Å². The first-order valence-corrected chi connectivity index (χ1v) is 11.0. The number of morpholine rings is 1. The highest BCUT2D eigenvalue weighted by Gasteiger charge is 2.45. The maximum Gasteiger partial charge on any atom is 0.312 e. The van der Waals surface area contributed by atoms with Gasteiger partial charge in [0, 0.05) is 19.5 Å². The third-order valence-corrected chi connectivity index (χ3v) is 6.67. The van der Waals surface area contributed by atoms with Gasteiger partial charge < -0.3 is 18.8 Å². The van der Waals surface area contributed by atoms with Gasteiger partial charge in [-0.1, -0.05) is 18.9 Å². The Labute approximate surface area is 174 Å². The minimum Gasteiger partial charge on any atom is -0.459 e. The molecule has 0 N–H and O–H groups in total. The molecule has 0 spiro atoms. The van der Waals surface area contributed by atoms with Crippen LogP contribution in [0.3, 0.4) is 0 Å². The summed E-state index contributed by atoms with van der Waals surface area (Å²) in [5.74, 6) is 0.911. The molecule has 1 aliphatic carbocycles. The predicted octanol–water partition coefficient (Wildman–Crippen LogP) is 3.56. The maximum atomic E-state index is 13.0. The van der Waals surface area contributed by atoms with Crippen molar-refractivity contribution in [3.63, 3.8) is 0 Å². The summed E-state index contributed by atoms with van der Waals surface area (Å²) in [5, 5.41) is 1.96. The van der Waals surface area contributed by atoms with Crippen molar-refractivity contribution in [1.29, 1.82) is 0 Å². The van der Waals surface area contributed by atoms with Crippen LogP contribution in [-0.2, 0) is 25.7 Å². The number of amides is 1. The Bertz CT molecular complexity index is 849. The van der Waals surface area contributed by atoms with Gasteiger partial charge in [-0.15, -0.1) is 11.3 Å². The average Bonchev–Trinajstić information content (AvgIpc) is 3.48. The zero-order chi connectivity index (χ0) is 20.3. The molecule has 0 radical (unpaired) electrons. The molecule has 29 heavy (non-hydrogen) atoms. The first-order chi connectivity index (χ1) is 14.1. The van der Waals surface area contributed by atoms with Crippen LogP contribution in [0.15, 0.2) is 21.9 Å². The van der Waals surface area contributed by atoms with E-state index in [2.05, 4.69) is 4.98 Å². The summed E-state index contributed by atoms with van der Waals surface area (Å²) in [6.07, 6.45) is 3.48. The highest BCUT2D eigenvalue weighted by molar-refractivity contribution is 7.13. The SMILES string of the molecule is Cc1oc(-c2cccs2)nc1COC(=O)C1(CC(=O)N2CCOCC2)CCCC1. The van der Waals surface area contributed by atoms with Gasteiger partial charge >= 0.3 is 5.97 Å². The number of hydrogen-bond donors (Lipinski definition) is 0. The molecule has 1 saturated carbocycles. The Balaban J connectivity index is 1.41. The molecule has 1 aliphatic heterocycles. The molecule has 1 saturated heterocycles. The van der Waals surface area contributed by atoms with Crippen molar-refractivity contribution in [3.8, 4) is 10.8 Å². The first-order valence-electron chi connectivity index (χ1n) is 10.1. The van der Waals surface area contributed by atoms with E-state index < -0.39 is 5.41 Å². The van der Waals surface area contributed by atoms with Crippen molar-refractivity contribution < 1.29 is 23.5 Å². The van der Waals surface area contributed by atoms with Gasteiger partial charge in [-0.2, -0.15) is 0 Å². The Kier molecular flexibility index (Phi) is 6.01. The average molecular weight is 419 g/mol. The van der Waals surface area contributed by atoms with Gasteiger partial charge in [0.1, 0.15) is 18.1 Å². The van der Waals surface area contributed by atoms with Crippen molar-refractivity contribution >= 4 is 23.2 Å². The second-order valence-corrected chi connectivity index (χ2v) is 8.68. The highest BCUT2D eigenvalue weighted by Crippen LogP contribution is 2.43. The molecule has 2 aromatic heterocycles. The summed E-state index contributed by atoms with van der Waals surface area (Å²) in [7, 11) is 0. The number of carbonyl (C=O) groups is 2. The van der Waals surface area contributed by atoms with Crippen molar-refractivity contribution in [1.82, 2.24) is 9.88 Å². The predicted molar refractivity (Wildman–Crippen MR) is 107 cm³/mol. The summed E-state index contributed by atoms with van der Waals surface area (Å²) in [6.45, 7) is 4.18. The lowest BCUT2D eigenvalue weighted by Gasteiger charge is -2.31. The van der Waals surface area contributed by atoms with E-state index >= 15 is 0 Å². The third kappa shape index (κ3) is 4.38. The van der Waals surface area contributed by atoms with Crippen molar-refractivity contribution in [2.24, 2.45) is 5.41 Å². The van der Waals surface area contributed by atoms with E-state index in [9.17, 15) is 9.59 Å². The summed E-state index contributed by atoms with van der Waals surface area (Å²) < 4.78 is 16.7. The Morgan fingerprint density at radius 2 is 2.03 bits per heavy atom. The van der Waals surface area contributed by atoms with E-state index in [1.165, 1.54) is 0 Å². The molecule has 1 amide bonds.